The molecule has 1 saturated heterocycles. The molecule has 0 bridgehead atoms. The van der Waals surface area contributed by atoms with Crippen LogP contribution in [0.25, 0.3) is 0 Å². The van der Waals surface area contributed by atoms with E-state index >= 15 is 0 Å². The molecular formula is C18H27ClN2O5. The number of carboxylic acid groups (broad SMARTS) is 2. The van der Waals surface area contributed by atoms with Crippen LogP contribution in [0.3, 0.4) is 0 Å². The molecule has 0 aliphatic carbocycles. The van der Waals surface area contributed by atoms with Crippen molar-refractivity contribution < 1.29 is 24.5 Å². The highest BCUT2D eigenvalue weighted by atomic mass is 35.5. The maximum Gasteiger partial charge on any atom is 0.414 e. The molecule has 0 unspecified atom stereocenters. The quantitative estimate of drug-likeness (QED) is 0.487. The number of halogens is 1. The fourth-order valence-electron chi connectivity index (χ4n) is 2.47. The summed E-state index contributed by atoms with van der Waals surface area (Å²) in [5.74, 6) is -2.71. The van der Waals surface area contributed by atoms with Crippen molar-refractivity contribution in [3.63, 3.8) is 0 Å². The average Bonchev–Trinajstić information content (AvgIpc) is 2.64. The number of carboxylic acids is 2. The van der Waals surface area contributed by atoms with Crippen LogP contribution >= 0.6 is 11.6 Å². The van der Waals surface area contributed by atoms with Gasteiger partial charge in [-0.1, -0.05) is 18.5 Å². The van der Waals surface area contributed by atoms with Crippen LogP contribution in [0.1, 0.15) is 25.3 Å². The van der Waals surface area contributed by atoms with Gasteiger partial charge in [0.25, 0.3) is 0 Å². The van der Waals surface area contributed by atoms with Gasteiger partial charge in [0.15, 0.2) is 0 Å². The second kappa shape index (κ2) is 12.5. The summed E-state index contributed by atoms with van der Waals surface area (Å²) >= 11 is 6.10. The van der Waals surface area contributed by atoms with Crippen molar-refractivity contribution in [2.24, 2.45) is 0 Å². The van der Waals surface area contributed by atoms with Gasteiger partial charge in [0.2, 0.25) is 0 Å². The summed E-state index contributed by atoms with van der Waals surface area (Å²) in [4.78, 5) is 20.7. The summed E-state index contributed by atoms with van der Waals surface area (Å²) in [6.07, 6.45) is 3.25. The standard InChI is InChI=1S/C16H25ClN2O.C2H2O4/c1-2-14-13-15(5-6-16(14)17)20-12-4-3-9-19-10-7-18-8-11-19;3-1(4)2(5)6/h5-6,13,18H,2-4,7-12H2,1H3;(H,3,4)(H,5,6). The Morgan fingerprint density at radius 3 is 2.42 bits per heavy atom. The molecule has 2 rings (SSSR count). The Hall–Kier alpha value is -1.83. The lowest BCUT2D eigenvalue weighted by molar-refractivity contribution is -0.159. The molecule has 7 nitrogen and oxygen atoms in total. The number of hydrogen-bond acceptors (Lipinski definition) is 5. The van der Waals surface area contributed by atoms with Gasteiger partial charge in [0.1, 0.15) is 5.75 Å². The van der Waals surface area contributed by atoms with Gasteiger partial charge in [-0.3, -0.25) is 0 Å². The van der Waals surface area contributed by atoms with E-state index in [9.17, 15) is 0 Å². The van der Waals surface area contributed by atoms with Crippen molar-refractivity contribution in [2.75, 3.05) is 39.3 Å². The Bertz CT molecular complexity index is 565. The number of hydrogen-bond donors (Lipinski definition) is 3. The molecule has 1 aromatic carbocycles. The van der Waals surface area contributed by atoms with Gasteiger partial charge in [-0.25, -0.2) is 9.59 Å². The number of piperazine rings is 1. The normalized spacial score (nSPS) is 14.2. The molecule has 0 spiro atoms. The van der Waals surface area contributed by atoms with E-state index in [1.54, 1.807) is 0 Å². The Morgan fingerprint density at radius 2 is 1.85 bits per heavy atom. The molecule has 26 heavy (non-hydrogen) atoms. The predicted molar refractivity (Wildman–Crippen MR) is 100 cm³/mol. The molecule has 8 heteroatoms. The van der Waals surface area contributed by atoms with Crippen LogP contribution in [-0.4, -0.2) is 66.4 Å². The lowest BCUT2D eigenvalue weighted by Gasteiger charge is -2.26. The predicted octanol–water partition coefficient (Wildman–Crippen LogP) is 2.12. The lowest BCUT2D eigenvalue weighted by Crippen LogP contribution is -2.43. The fourth-order valence-corrected chi connectivity index (χ4v) is 2.73. The van der Waals surface area contributed by atoms with E-state index in [1.165, 1.54) is 26.1 Å². The molecule has 1 fully saturated rings. The van der Waals surface area contributed by atoms with Crippen LogP contribution in [-0.2, 0) is 16.0 Å². The van der Waals surface area contributed by atoms with Crippen LogP contribution in [0, 0.1) is 0 Å². The smallest absolute Gasteiger partial charge is 0.414 e. The number of nitrogens with zero attached hydrogens (tertiary/aromatic N) is 1. The second-order valence-corrected chi connectivity index (χ2v) is 6.27. The summed E-state index contributed by atoms with van der Waals surface area (Å²) in [6.45, 7) is 8.69. The van der Waals surface area contributed by atoms with E-state index in [-0.39, 0.29) is 0 Å². The number of benzene rings is 1. The topological polar surface area (TPSA) is 99.1 Å². The molecule has 1 heterocycles. The molecule has 0 radical (unpaired) electrons. The first-order chi connectivity index (χ1) is 12.4. The highest BCUT2D eigenvalue weighted by molar-refractivity contribution is 6.31. The molecule has 3 N–H and O–H groups in total. The van der Waals surface area contributed by atoms with Gasteiger partial charge >= 0.3 is 11.9 Å². The van der Waals surface area contributed by atoms with Crippen molar-refractivity contribution in [3.8, 4) is 5.75 Å². The van der Waals surface area contributed by atoms with Crippen LogP contribution in [0.5, 0.6) is 5.75 Å². The summed E-state index contributed by atoms with van der Waals surface area (Å²) in [5, 5.41) is 19.0. The van der Waals surface area contributed by atoms with Crippen molar-refractivity contribution >= 4 is 23.5 Å². The van der Waals surface area contributed by atoms with E-state index in [1.807, 2.05) is 12.1 Å². The summed E-state index contributed by atoms with van der Waals surface area (Å²) in [5.41, 5.74) is 1.16. The lowest BCUT2D eigenvalue weighted by atomic mass is 10.1. The Kier molecular flexibility index (Phi) is 10.7. The van der Waals surface area contributed by atoms with Crippen molar-refractivity contribution in [2.45, 2.75) is 26.2 Å². The zero-order chi connectivity index (χ0) is 19.4. The van der Waals surface area contributed by atoms with Gasteiger partial charge in [0.05, 0.1) is 6.61 Å². The van der Waals surface area contributed by atoms with E-state index in [2.05, 4.69) is 23.2 Å². The molecule has 1 aromatic rings. The number of aliphatic carboxylic acids is 2. The largest absolute Gasteiger partial charge is 0.494 e. The van der Waals surface area contributed by atoms with E-state index in [4.69, 9.17) is 36.1 Å². The van der Waals surface area contributed by atoms with Crippen molar-refractivity contribution in [1.82, 2.24) is 10.2 Å². The zero-order valence-corrected chi connectivity index (χ0v) is 15.8. The SMILES string of the molecule is CCc1cc(OCCCCN2CCNCC2)ccc1Cl.O=C(O)C(=O)O. The zero-order valence-electron chi connectivity index (χ0n) is 15.0. The van der Waals surface area contributed by atoms with E-state index in [0.29, 0.717) is 0 Å². The van der Waals surface area contributed by atoms with Gasteiger partial charge in [-0.15, -0.1) is 0 Å². The third-order valence-corrected chi connectivity index (χ3v) is 4.30. The minimum atomic E-state index is -1.82. The molecule has 0 atom stereocenters. The summed E-state index contributed by atoms with van der Waals surface area (Å²) < 4.78 is 5.80. The van der Waals surface area contributed by atoms with Crippen molar-refractivity contribution in [3.05, 3.63) is 28.8 Å². The maximum absolute atomic E-state index is 9.10. The highest BCUT2D eigenvalue weighted by Crippen LogP contribution is 2.22. The third-order valence-electron chi connectivity index (χ3n) is 3.93. The molecule has 0 amide bonds. The Morgan fingerprint density at radius 1 is 1.19 bits per heavy atom. The van der Waals surface area contributed by atoms with Crippen LogP contribution in [0.2, 0.25) is 5.02 Å². The third kappa shape index (κ3) is 9.03. The molecule has 146 valence electrons. The fraction of sp³-hybridized carbons (Fsp3) is 0.556. The Labute approximate surface area is 158 Å². The minimum absolute atomic E-state index is 0.789. The molecule has 1 aliphatic rings. The first kappa shape index (κ1) is 22.2. The minimum Gasteiger partial charge on any atom is -0.494 e. The maximum atomic E-state index is 9.10. The van der Waals surface area contributed by atoms with Gasteiger partial charge in [-0.05, 0) is 49.6 Å². The van der Waals surface area contributed by atoms with Crippen LogP contribution in [0.15, 0.2) is 18.2 Å². The molecule has 1 aliphatic heterocycles. The van der Waals surface area contributed by atoms with Gasteiger partial charge < -0.3 is 25.2 Å². The van der Waals surface area contributed by atoms with Gasteiger partial charge in [-0.2, -0.15) is 0 Å². The number of carbonyl (C=O) groups is 2. The van der Waals surface area contributed by atoms with Crippen molar-refractivity contribution in [1.29, 1.82) is 0 Å². The first-order valence-electron chi connectivity index (χ1n) is 8.74. The number of ether oxygens (including phenoxy) is 1. The summed E-state index contributed by atoms with van der Waals surface area (Å²) in [7, 11) is 0. The first-order valence-corrected chi connectivity index (χ1v) is 9.12. The summed E-state index contributed by atoms with van der Waals surface area (Å²) in [6, 6.07) is 5.94. The van der Waals surface area contributed by atoms with Crippen LogP contribution in [0.4, 0.5) is 0 Å². The highest BCUT2D eigenvalue weighted by Gasteiger charge is 2.08. The monoisotopic (exact) mass is 386 g/mol. The number of aryl methyl sites for hydroxylation is 1. The number of nitrogens with one attached hydrogen (secondary N) is 1. The van der Waals surface area contributed by atoms with Gasteiger partial charge in [0, 0.05) is 31.2 Å². The average molecular weight is 387 g/mol. The van der Waals surface area contributed by atoms with E-state index in [0.717, 1.165) is 48.9 Å². The number of unbranched alkanes of at least 4 members (excludes halogenated alkanes) is 1. The second-order valence-electron chi connectivity index (χ2n) is 5.86. The Balaban J connectivity index is 0.000000487. The van der Waals surface area contributed by atoms with Crippen LogP contribution < -0.4 is 10.1 Å². The molecule has 0 aromatic heterocycles. The molecular weight excluding hydrogens is 360 g/mol. The van der Waals surface area contributed by atoms with E-state index < -0.39 is 11.9 Å². The molecule has 0 saturated carbocycles. The number of rotatable bonds is 7.